The molecular formula is H18Na4O37P12. The van der Waals surface area contributed by atoms with E-state index >= 15 is 0 Å². The predicted octanol–water partition coefficient (Wildman–Crippen LogP) is -2.24. The summed E-state index contributed by atoms with van der Waals surface area (Å²) in [6, 6.07) is 0. The molecule has 0 spiro atoms. The molecule has 0 saturated heterocycles. The van der Waals surface area contributed by atoms with E-state index in [2.05, 4.69) is 47.4 Å². The van der Waals surface area contributed by atoms with Crippen molar-refractivity contribution < 1.29 is 171 Å². The minimum absolute atomic E-state index is 0. The van der Waals surface area contributed by atoms with Crippen LogP contribution in [0.15, 0.2) is 0 Å². The van der Waals surface area contributed by atoms with Gasteiger partial charge >= 0.3 is 212 Å². The minimum atomic E-state index is -6.95. The summed E-state index contributed by atoms with van der Waals surface area (Å²) < 4.78 is 171. The van der Waals surface area contributed by atoms with Crippen LogP contribution in [0.5, 0.6) is 0 Å². The molecule has 0 aromatic rings. The molecule has 0 aromatic carbocycles. The van der Waals surface area contributed by atoms with Gasteiger partial charge in [0.2, 0.25) is 0 Å². The molecule has 37 nitrogen and oxygen atoms in total. The van der Waals surface area contributed by atoms with Crippen molar-refractivity contribution in [1.82, 2.24) is 0 Å². The van der Waals surface area contributed by atoms with Gasteiger partial charge in [-0.15, -0.1) is 0 Å². The molecule has 0 aliphatic carbocycles. The quantitative estimate of drug-likeness (QED) is 0.0403. The summed E-state index contributed by atoms with van der Waals surface area (Å²) in [4.78, 5) is 125. The van der Waals surface area contributed by atoms with Crippen LogP contribution in [0, 0.1) is 0 Å². The van der Waals surface area contributed by atoms with Crippen LogP contribution in [0.25, 0.3) is 0 Å². The van der Waals surface area contributed by atoms with Crippen molar-refractivity contribution in [3.05, 3.63) is 0 Å². The van der Waals surface area contributed by atoms with E-state index < -0.39 is 93.9 Å². The third-order valence-corrected chi connectivity index (χ3v) is 20.5. The molecule has 0 radical (unpaired) electrons. The van der Waals surface area contributed by atoms with E-state index in [1.54, 1.807) is 0 Å². The van der Waals surface area contributed by atoms with Crippen molar-refractivity contribution in [2.75, 3.05) is 0 Å². The molecule has 10 atom stereocenters. The van der Waals surface area contributed by atoms with Crippen LogP contribution in [-0.2, 0) is 102 Å². The summed E-state index contributed by atoms with van der Waals surface area (Å²) in [5.74, 6) is 0. The van der Waals surface area contributed by atoms with Crippen molar-refractivity contribution in [1.29, 1.82) is 0 Å². The molecule has 0 saturated carbocycles. The third-order valence-electron chi connectivity index (χ3n) is 2.28. The Morgan fingerprint density at radius 1 is 0.189 bits per heavy atom. The molecule has 0 aliphatic rings. The van der Waals surface area contributed by atoms with Gasteiger partial charge in [-0.25, -0.2) is 54.8 Å². The molecule has 53 heteroatoms. The second-order valence-corrected chi connectivity index (χ2v) is 25.1. The topological polar surface area (TPSA) is 590 Å². The zero-order valence-corrected chi connectivity index (χ0v) is 31.8. The molecule has 0 aliphatic heterocycles. The zero-order valence-electron chi connectivity index (χ0n) is 21.0. The van der Waals surface area contributed by atoms with Gasteiger partial charge in [0.15, 0.2) is 0 Å². The molecule has 0 amide bonds. The Bertz CT molecular complexity index is 1690. The summed E-state index contributed by atoms with van der Waals surface area (Å²) in [6.07, 6.45) is 0. The molecule has 10 unspecified atom stereocenters. The summed E-state index contributed by atoms with van der Waals surface area (Å²) >= 11 is 0. The Balaban J connectivity index is -0.00000192. The molecule has 53 heavy (non-hydrogen) atoms. The van der Waals surface area contributed by atoms with Crippen molar-refractivity contribution in [2.24, 2.45) is 0 Å². The number of hydrogen-bond donors (Lipinski definition) is 14. The van der Waals surface area contributed by atoms with Gasteiger partial charge in [0.1, 0.15) is 0 Å². The van der Waals surface area contributed by atoms with Gasteiger partial charge in [-0.1, -0.05) is 0 Å². The first kappa shape index (κ1) is 67.8. The van der Waals surface area contributed by atoms with Gasteiger partial charge in [-0.3, -0.25) is 0 Å². The fraction of sp³-hybridized carbons (Fsp3) is 0. The first-order valence-electron chi connectivity index (χ1n) is 9.01. The Kier molecular flexibility index (Phi) is 30.2. The Morgan fingerprint density at radius 3 is 0.340 bits per heavy atom. The van der Waals surface area contributed by atoms with E-state index in [0.29, 0.717) is 0 Å². The normalized spacial score (nSPS) is 23.7. The van der Waals surface area contributed by atoms with E-state index in [1.165, 1.54) is 0 Å². The predicted molar refractivity (Wildman–Crippen MR) is 163 cm³/mol. The van der Waals surface area contributed by atoms with Gasteiger partial charge < -0.3 is 68.5 Å². The van der Waals surface area contributed by atoms with E-state index in [9.17, 15) is 84.1 Å². The van der Waals surface area contributed by atoms with E-state index in [0.717, 1.165) is 0 Å². The Hall–Kier alpha value is 5.76. The average Bonchev–Trinajstić information content (AvgIpc) is 2.52. The van der Waals surface area contributed by atoms with Crippen LogP contribution in [0.3, 0.4) is 0 Å². The first-order chi connectivity index (χ1) is 20.8. The van der Waals surface area contributed by atoms with Crippen LogP contribution < -0.4 is 0 Å². The molecule has 0 rings (SSSR count). The second kappa shape index (κ2) is 23.6. The molecular weight excluding hydrogens is 1060 g/mol. The molecule has 0 bridgehead atoms. The molecule has 14 N–H and O–H groups in total. The molecule has 0 heterocycles. The van der Waals surface area contributed by atoms with E-state index in [-0.39, 0.29) is 118 Å². The van der Waals surface area contributed by atoms with E-state index in [4.69, 9.17) is 39.1 Å². The molecule has 0 aromatic heterocycles. The summed E-state index contributed by atoms with van der Waals surface area (Å²) in [5.41, 5.74) is 0. The average molecular weight is 1070 g/mol. The van der Waals surface area contributed by atoms with Crippen molar-refractivity contribution in [3.8, 4) is 0 Å². The van der Waals surface area contributed by atoms with Crippen molar-refractivity contribution in [2.45, 2.75) is 0 Å². The van der Waals surface area contributed by atoms with Gasteiger partial charge in [0, 0.05) is 0 Å². The van der Waals surface area contributed by atoms with Gasteiger partial charge in [-0.2, -0.15) is 47.4 Å². The fourth-order valence-electron chi connectivity index (χ4n) is 1.59. The Labute approximate surface area is 378 Å². The van der Waals surface area contributed by atoms with E-state index in [1.807, 2.05) is 0 Å². The van der Waals surface area contributed by atoms with Gasteiger partial charge in [-0.05, 0) is 0 Å². The van der Waals surface area contributed by atoms with Gasteiger partial charge in [0.25, 0.3) is 0 Å². The maximum absolute atomic E-state index is 11.8. The summed E-state index contributed by atoms with van der Waals surface area (Å²) in [7, 11) is -79.5. The zero-order chi connectivity index (χ0) is 39.8. The number of rotatable bonds is 22. The molecule has 304 valence electrons. The van der Waals surface area contributed by atoms with Gasteiger partial charge in [0.05, 0.1) is 0 Å². The van der Waals surface area contributed by atoms with Crippen LogP contribution in [0.1, 0.15) is 0 Å². The molecule has 0 fully saturated rings. The fourth-order valence-corrected chi connectivity index (χ4v) is 17.0. The summed E-state index contributed by atoms with van der Waals surface area (Å²) in [6.45, 7) is 0. The monoisotopic (exact) mass is 1070 g/mol. The van der Waals surface area contributed by atoms with Crippen LogP contribution in [0.4, 0.5) is 0 Å². The standard InChI is InChI=1S/4Na.H14O37P12.4H/c;;;;1-38(2,3)27-40(7,8)29-42(11,12)31-44(15,16)33-46(19,20)35-48(23,24)37-49(25,26)36-47(21,22)34-45(17,18)32-43(13,14)30-41(9,10)28-39(4,5)6;;;;/h;;;;(H,7,8)(H,9,10)(H,11,12)(H,13,14)(H,15,16)(H,17,18)(H,19,20)(H,21,22)(H,23,24)(H,25,26)(H2,1,2,3)(H2,4,5,6);;;;. The van der Waals surface area contributed by atoms with Crippen molar-refractivity contribution >= 4 is 212 Å². The summed E-state index contributed by atoms with van der Waals surface area (Å²) in [5, 5.41) is 0. The second-order valence-electron chi connectivity index (χ2n) is 6.56. The SMILES string of the molecule is O=P(O)(O)OP(=O)(O)OP(=O)(O)OP(=O)(O)OP(=O)(O)OP(=O)(O)OP(=O)(O)OP(=O)(O)OP(=O)(O)OP(=O)(O)OP(=O)(O)OP(=O)(O)O.[NaH].[NaH].[NaH].[NaH]. The number of hydrogen-bond acceptors (Lipinski definition) is 23. The first-order valence-corrected chi connectivity index (χ1v) is 27.0. The Morgan fingerprint density at radius 2 is 0.264 bits per heavy atom. The van der Waals surface area contributed by atoms with Crippen molar-refractivity contribution in [3.63, 3.8) is 0 Å². The van der Waals surface area contributed by atoms with Crippen LogP contribution in [0.2, 0.25) is 0 Å². The number of phosphoric acid groups is 12. The van der Waals surface area contributed by atoms with Crippen LogP contribution >= 0.6 is 93.9 Å². The third kappa shape index (κ3) is 34.9. The maximum atomic E-state index is 11.8. The van der Waals surface area contributed by atoms with Crippen LogP contribution in [-0.4, -0.2) is 187 Å².